The van der Waals surface area contributed by atoms with Crippen LogP contribution in [-0.2, 0) is 10.3 Å². The lowest BCUT2D eigenvalue weighted by Gasteiger charge is -2.33. The fourth-order valence-corrected chi connectivity index (χ4v) is 3.88. The summed E-state index contributed by atoms with van der Waals surface area (Å²) in [5.41, 5.74) is 7.26. The van der Waals surface area contributed by atoms with E-state index in [9.17, 15) is 10.1 Å². The van der Waals surface area contributed by atoms with E-state index in [2.05, 4.69) is 30.4 Å². The number of hydrogen-bond acceptors (Lipinski definition) is 5. The normalized spacial score (nSPS) is 14.4. The molecule has 0 fully saturated rings. The summed E-state index contributed by atoms with van der Waals surface area (Å²) < 4.78 is 5.47. The first-order chi connectivity index (χ1) is 12.9. The Labute approximate surface area is 156 Å². The molecule has 0 spiro atoms. The molecule has 1 aromatic heterocycles. The highest BCUT2D eigenvalue weighted by atomic mass is 16.6. The van der Waals surface area contributed by atoms with Gasteiger partial charge >= 0.3 is 0 Å². The van der Waals surface area contributed by atoms with Crippen molar-refractivity contribution in [2.45, 2.75) is 19.3 Å². The number of benzene rings is 2. The van der Waals surface area contributed by atoms with Crippen LogP contribution in [0.25, 0.3) is 10.9 Å². The van der Waals surface area contributed by atoms with E-state index < -0.39 is 5.41 Å². The second kappa shape index (κ2) is 5.86. The van der Waals surface area contributed by atoms with Crippen molar-refractivity contribution in [3.05, 3.63) is 58.3 Å². The molecular formula is C21H19N3O3. The molecule has 0 saturated heterocycles. The van der Waals surface area contributed by atoms with Gasteiger partial charge in [-0.1, -0.05) is 19.9 Å². The number of carbonyl (C=O) groups excluding carboxylic acids is 1. The smallest absolute Gasteiger partial charge is 0.195 e. The summed E-state index contributed by atoms with van der Waals surface area (Å²) in [5, 5.41) is 10.00. The standard InChI is InChI=1S/C21H19N3O3/c1-21(2)14-9-17(26-3)16(24-27-4)8-13(14)19(25)18-12-6-5-11(10-22)7-15(12)23-20(18)21/h5-9,23-24H,1-4H3. The number of hydrogen-bond donors (Lipinski definition) is 2. The Hall–Kier alpha value is -3.30. The van der Waals surface area contributed by atoms with Gasteiger partial charge in [-0.3, -0.25) is 15.1 Å². The Bertz CT molecular complexity index is 1140. The molecule has 27 heavy (non-hydrogen) atoms. The molecule has 6 heteroatoms. The van der Waals surface area contributed by atoms with E-state index in [1.54, 1.807) is 25.3 Å². The van der Waals surface area contributed by atoms with E-state index in [1.807, 2.05) is 12.1 Å². The Balaban J connectivity index is 2.02. The topological polar surface area (TPSA) is 87.1 Å². The van der Waals surface area contributed by atoms with Gasteiger partial charge in [0.1, 0.15) is 11.4 Å². The number of aromatic nitrogens is 1. The van der Waals surface area contributed by atoms with E-state index >= 15 is 0 Å². The molecule has 1 aliphatic rings. The predicted molar refractivity (Wildman–Crippen MR) is 102 cm³/mol. The van der Waals surface area contributed by atoms with Crippen LogP contribution in [-0.4, -0.2) is 25.0 Å². The van der Waals surface area contributed by atoms with Gasteiger partial charge in [0.05, 0.1) is 31.4 Å². The zero-order valence-electron chi connectivity index (χ0n) is 15.6. The molecule has 0 bridgehead atoms. The number of ether oxygens (including phenoxy) is 1. The van der Waals surface area contributed by atoms with Crippen LogP contribution in [0.2, 0.25) is 0 Å². The summed E-state index contributed by atoms with van der Waals surface area (Å²) in [6, 6.07) is 11.1. The summed E-state index contributed by atoms with van der Waals surface area (Å²) >= 11 is 0. The quantitative estimate of drug-likeness (QED) is 0.691. The summed E-state index contributed by atoms with van der Waals surface area (Å²) in [4.78, 5) is 21.8. The molecule has 2 aromatic carbocycles. The number of aromatic amines is 1. The van der Waals surface area contributed by atoms with Crippen molar-refractivity contribution in [2.75, 3.05) is 19.7 Å². The van der Waals surface area contributed by atoms with Gasteiger partial charge in [-0.15, -0.1) is 0 Å². The third-order valence-corrected chi connectivity index (χ3v) is 5.25. The molecule has 0 saturated carbocycles. The highest BCUT2D eigenvalue weighted by molar-refractivity contribution is 6.20. The minimum atomic E-state index is -0.441. The number of anilines is 1. The zero-order valence-corrected chi connectivity index (χ0v) is 15.6. The zero-order chi connectivity index (χ0) is 19.3. The summed E-state index contributed by atoms with van der Waals surface area (Å²) in [5.74, 6) is 0.542. The SMILES string of the molecule is CONc1cc2c(cc1OC)C(C)(C)c1[nH]c3cc(C#N)ccc3c1C2=O. The van der Waals surface area contributed by atoms with Crippen LogP contribution < -0.4 is 10.2 Å². The van der Waals surface area contributed by atoms with Crippen molar-refractivity contribution >= 4 is 22.4 Å². The van der Waals surface area contributed by atoms with Gasteiger partial charge in [0, 0.05) is 27.6 Å². The molecular weight excluding hydrogens is 342 g/mol. The van der Waals surface area contributed by atoms with Crippen molar-refractivity contribution in [3.8, 4) is 11.8 Å². The molecule has 0 amide bonds. The number of carbonyl (C=O) groups is 1. The maximum atomic E-state index is 13.4. The second-order valence-electron chi connectivity index (χ2n) is 7.11. The number of H-pyrrole nitrogens is 1. The van der Waals surface area contributed by atoms with Crippen molar-refractivity contribution in [1.29, 1.82) is 5.26 Å². The van der Waals surface area contributed by atoms with E-state index in [1.165, 1.54) is 7.11 Å². The highest BCUT2D eigenvalue weighted by Crippen LogP contribution is 2.46. The van der Waals surface area contributed by atoms with Crippen LogP contribution >= 0.6 is 0 Å². The Morgan fingerprint density at radius 1 is 1.19 bits per heavy atom. The number of fused-ring (bicyclic) bond motifs is 4. The van der Waals surface area contributed by atoms with E-state index in [0.29, 0.717) is 28.1 Å². The fourth-order valence-electron chi connectivity index (χ4n) is 3.88. The first-order valence-electron chi connectivity index (χ1n) is 8.55. The lowest BCUT2D eigenvalue weighted by atomic mass is 9.71. The Morgan fingerprint density at radius 3 is 2.63 bits per heavy atom. The molecule has 4 rings (SSSR count). The number of rotatable bonds is 3. The largest absolute Gasteiger partial charge is 0.494 e. The van der Waals surface area contributed by atoms with Gasteiger partial charge in [-0.25, -0.2) is 0 Å². The average Bonchev–Trinajstić information content (AvgIpc) is 3.06. The van der Waals surface area contributed by atoms with Gasteiger partial charge in [0.15, 0.2) is 5.78 Å². The van der Waals surface area contributed by atoms with Gasteiger partial charge in [0.25, 0.3) is 0 Å². The van der Waals surface area contributed by atoms with Crippen LogP contribution in [0.15, 0.2) is 30.3 Å². The van der Waals surface area contributed by atoms with Crippen LogP contribution in [0.1, 0.15) is 46.6 Å². The van der Waals surface area contributed by atoms with Crippen molar-refractivity contribution in [3.63, 3.8) is 0 Å². The molecule has 0 unspecified atom stereocenters. The van der Waals surface area contributed by atoms with Crippen LogP contribution in [0.4, 0.5) is 5.69 Å². The van der Waals surface area contributed by atoms with Gasteiger partial charge < -0.3 is 9.72 Å². The molecule has 1 aliphatic carbocycles. The number of methoxy groups -OCH3 is 1. The van der Waals surface area contributed by atoms with Crippen molar-refractivity contribution < 1.29 is 14.4 Å². The van der Waals surface area contributed by atoms with Crippen LogP contribution in [0, 0.1) is 11.3 Å². The molecule has 6 nitrogen and oxygen atoms in total. The first kappa shape index (κ1) is 17.1. The number of nitriles is 1. The maximum absolute atomic E-state index is 13.4. The first-order valence-corrected chi connectivity index (χ1v) is 8.55. The highest BCUT2D eigenvalue weighted by Gasteiger charge is 2.40. The Morgan fingerprint density at radius 2 is 1.96 bits per heavy atom. The Kier molecular flexibility index (Phi) is 3.72. The molecule has 3 aromatic rings. The molecule has 136 valence electrons. The minimum Gasteiger partial charge on any atom is -0.494 e. The van der Waals surface area contributed by atoms with Crippen LogP contribution in [0.5, 0.6) is 5.75 Å². The summed E-state index contributed by atoms with van der Waals surface area (Å²) in [6.45, 7) is 4.14. The lowest BCUT2D eigenvalue weighted by Crippen LogP contribution is -2.30. The van der Waals surface area contributed by atoms with Crippen LogP contribution in [0.3, 0.4) is 0 Å². The number of nitrogens with zero attached hydrogens (tertiary/aromatic N) is 1. The average molecular weight is 361 g/mol. The summed E-state index contributed by atoms with van der Waals surface area (Å²) in [6.07, 6.45) is 0. The molecule has 2 N–H and O–H groups in total. The van der Waals surface area contributed by atoms with E-state index in [-0.39, 0.29) is 5.78 Å². The minimum absolute atomic E-state index is 0.0583. The molecule has 0 aliphatic heterocycles. The fraction of sp³-hybridized carbons (Fsp3) is 0.238. The third-order valence-electron chi connectivity index (χ3n) is 5.25. The maximum Gasteiger partial charge on any atom is 0.195 e. The molecule has 1 heterocycles. The number of nitrogens with one attached hydrogen (secondary N) is 2. The van der Waals surface area contributed by atoms with Crippen molar-refractivity contribution in [1.82, 2.24) is 4.98 Å². The van der Waals surface area contributed by atoms with E-state index in [4.69, 9.17) is 9.57 Å². The van der Waals surface area contributed by atoms with Crippen molar-refractivity contribution in [2.24, 2.45) is 0 Å². The van der Waals surface area contributed by atoms with E-state index in [0.717, 1.165) is 22.2 Å². The van der Waals surface area contributed by atoms with Gasteiger partial charge in [-0.2, -0.15) is 5.26 Å². The molecule has 0 radical (unpaired) electrons. The lowest BCUT2D eigenvalue weighted by molar-refractivity contribution is 0.103. The molecule has 0 atom stereocenters. The second-order valence-corrected chi connectivity index (χ2v) is 7.11. The van der Waals surface area contributed by atoms with Gasteiger partial charge in [0.2, 0.25) is 0 Å². The summed E-state index contributed by atoms with van der Waals surface area (Å²) in [7, 11) is 3.09. The van der Waals surface area contributed by atoms with Gasteiger partial charge in [-0.05, 0) is 29.8 Å². The number of ketones is 1. The third kappa shape index (κ3) is 2.32. The predicted octanol–water partition coefficient (Wildman–Crippen LogP) is 3.89. The monoisotopic (exact) mass is 361 g/mol.